The van der Waals surface area contributed by atoms with Crippen LogP contribution in [0.5, 0.6) is 0 Å². The molecule has 1 fully saturated rings. The van der Waals surface area contributed by atoms with Crippen LogP contribution in [0.15, 0.2) is 176 Å². The van der Waals surface area contributed by atoms with Gasteiger partial charge in [0.1, 0.15) is 0 Å². The van der Waals surface area contributed by atoms with E-state index in [4.69, 9.17) is 15.0 Å². The van der Waals surface area contributed by atoms with Crippen molar-refractivity contribution >= 4 is 0 Å². The van der Waals surface area contributed by atoms with Gasteiger partial charge >= 0.3 is 0 Å². The van der Waals surface area contributed by atoms with E-state index < -0.39 is 0 Å². The van der Waals surface area contributed by atoms with Gasteiger partial charge in [0, 0.05) is 22.1 Å². The Morgan fingerprint density at radius 1 is 0.296 bits per heavy atom. The lowest BCUT2D eigenvalue weighted by molar-refractivity contribution is 0.353. The highest BCUT2D eigenvalue weighted by molar-refractivity contribution is 5.85. The molecule has 1 spiro atoms. The van der Waals surface area contributed by atoms with Crippen molar-refractivity contribution in [1.82, 2.24) is 15.0 Å². The van der Waals surface area contributed by atoms with Gasteiger partial charge in [-0.05, 0) is 86.7 Å². The van der Waals surface area contributed by atoms with E-state index in [1.165, 1.54) is 71.0 Å². The topological polar surface area (TPSA) is 38.7 Å². The Hall–Kier alpha value is -6.45. The SMILES string of the molecule is c1ccc(-c2nc(-c3ccccc3)nc(-c3cccc(-c4cccc(-c5ccc(-c6ccc7c(c6)-c6ccccc6C76CCCCC6)cc5)c4)c3)n2)cc1. The van der Waals surface area contributed by atoms with Gasteiger partial charge in [0.05, 0.1) is 0 Å². The first kappa shape index (κ1) is 32.2. The van der Waals surface area contributed by atoms with E-state index in [1.54, 1.807) is 5.56 Å². The van der Waals surface area contributed by atoms with Gasteiger partial charge in [-0.15, -0.1) is 0 Å². The first-order valence-electron chi connectivity index (χ1n) is 19.1. The van der Waals surface area contributed by atoms with Gasteiger partial charge < -0.3 is 0 Å². The summed E-state index contributed by atoms with van der Waals surface area (Å²) < 4.78 is 0. The largest absolute Gasteiger partial charge is 0.208 e. The van der Waals surface area contributed by atoms with Crippen molar-refractivity contribution in [2.75, 3.05) is 0 Å². The van der Waals surface area contributed by atoms with Crippen molar-refractivity contribution < 1.29 is 0 Å². The molecule has 7 aromatic carbocycles. The summed E-state index contributed by atoms with van der Waals surface area (Å²) in [6.45, 7) is 0. The molecule has 3 heteroatoms. The highest BCUT2D eigenvalue weighted by atomic mass is 15.0. The summed E-state index contributed by atoms with van der Waals surface area (Å²) in [4.78, 5) is 14.8. The smallest absolute Gasteiger partial charge is 0.164 e. The van der Waals surface area contributed by atoms with E-state index in [-0.39, 0.29) is 5.41 Å². The molecular formula is C51H39N3. The Balaban J connectivity index is 0.955. The Morgan fingerprint density at radius 3 is 1.33 bits per heavy atom. The summed E-state index contributed by atoms with van der Waals surface area (Å²) >= 11 is 0. The number of hydrogen-bond donors (Lipinski definition) is 0. The zero-order valence-electron chi connectivity index (χ0n) is 30.1. The van der Waals surface area contributed by atoms with Crippen LogP contribution in [-0.4, -0.2) is 15.0 Å². The molecular weight excluding hydrogens is 655 g/mol. The molecule has 0 bridgehead atoms. The monoisotopic (exact) mass is 693 g/mol. The van der Waals surface area contributed by atoms with Crippen molar-refractivity contribution in [1.29, 1.82) is 0 Å². The van der Waals surface area contributed by atoms with E-state index in [0.29, 0.717) is 17.5 Å². The van der Waals surface area contributed by atoms with Crippen LogP contribution in [-0.2, 0) is 5.41 Å². The van der Waals surface area contributed by atoms with Crippen LogP contribution >= 0.6 is 0 Å². The van der Waals surface area contributed by atoms with Gasteiger partial charge in [0.25, 0.3) is 0 Å². The quantitative estimate of drug-likeness (QED) is 0.174. The summed E-state index contributed by atoms with van der Waals surface area (Å²) in [5.74, 6) is 1.97. The Bertz CT molecular complexity index is 2560. The highest BCUT2D eigenvalue weighted by Gasteiger charge is 2.43. The molecule has 0 N–H and O–H groups in total. The van der Waals surface area contributed by atoms with Gasteiger partial charge in [-0.1, -0.05) is 177 Å². The zero-order valence-corrected chi connectivity index (χ0v) is 30.1. The summed E-state index contributed by atoms with van der Waals surface area (Å²) in [6.07, 6.45) is 6.50. The standard InChI is InChI=1S/C51H39N3/c1-4-14-37(15-5-1)48-52-49(38-16-6-2-7-17-38)54-50(53-48)43-21-13-20-41(33-43)40-19-12-18-39(32-40)35-24-26-36(27-25-35)42-28-29-47-45(34-42)44-22-8-9-23-46(44)51(47)30-10-3-11-31-51/h1-2,4-9,12-29,32-34H,3,10-11,30-31H2. The molecule has 0 radical (unpaired) electrons. The lowest BCUT2D eigenvalue weighted by Gasteiger charge is -2.36. The molecule has 1 heterocycles. The fourth-order valence-electron chi connectivity index (χ4n) is 8.85. The first-order valence-corrected chi connectivity index (χ1v) is 19.1. The molecule has 54 heavy (non-hydrogen) atoms. The molecule has 1 saturated carbocycles. The first-order chi connectivity index (χ1) is 26.7. The molecule has 0 saturated heterocycles. The predicted octanol–water partition coefficient (Wildman–Crippen LogP) is 13.1. The number of fused-ring (bicyclic) bond motifs is 5. The van der Waals surface area contributed by atoms with Crippen molar-refractivity contribution in [3.8, 4) is 78.7 Å². The Morgan fingerprint density at radius 2 is 0.722 bits per heavy atom. The number of benzene rings is 7. The number of nitrogens with zero attached hydrogens (tertiary/aromatic N) is 3. The minimum atomic E-state index is 0.193. The van der Waals surface area contributed by atoms with E-state index >= 15 is 0 Å². The molecule has 1 aromatic heterocycles. The molecule has 3 nitrogen and oxygen atoms in total. The van der Waals surface area contributed by atoms with E-state index in [1.807, 2.05) is 60.7 Å². The van der Waals surface area contributed by atoms with Crippen LogP contribution in [0.1, 0.15) is 43.2 Å². The fraction of sp³-hybridized carbons (Fsp3) is 0.118. The maximum atomic E-state index is 4.96. The van der Waals surface area contributed by atoms with Crippen LogP contribution in [0.25, 0.3) is 78.7 Å². The summed E-state index contributed by atoms with van der Waals surface area (Å²) in [5.41, 5.74) is 16.2. The average Bonchev–Trinajstić information content (AvgIpc) is 3.52. The van der Waals surface area contributed by atoms with Gasteiger partial charge in [0.15, 0.2) is 17.5 Å². The van der Waals surface area contributed by atoms with Crippen LogP contribution in [0.4, 0.5) is 0 Å². The van der Waals surface area contributed by atoms with E-state index in [0.717, 1.165) is 27.8 Å². The predicted molar refractivity (Wildman–Crippen MR) is 222 cm³/mol. The van der Waals surface area contributed by atoms with Crippen molar-refractivity contribution in [3.05, 3.63) is 187 Å². The summed E-state index contributed by atoms with van der Waals surface area (Å²) in [6, 6.07) is 63.0. The van der Waals surface area contributed by atoms with Crippen molar-refractivity contribution in [3.63, 3.8) is 0 Å². The number of rotatable bonds is 6. The van der Waals surface area contributed by atoms with Gasteiger partial charge in [-0.2, -0.15) is 0 Å². The second-order valence-electron chi connectivity index (χ2n) is 14.7. The maximum Gasteiger partial charge on any atom is 0.164 e. The minimum absolute atomic E-state index is 0.193. The molecule has 2 aliphatic rings. The third-order valence-corrected chi connectivity index (χ3v) is 11.5. The van der Waals surface area contributed by atoms with Crippen LogP contribution in [0.3, 0.4) is 0 Å². The maximum absolute atomic E-state index is 4.96. The third kappa shape index (κ3) is 5.74. The molecule has 0 unspecified atom stereocenters. The van der Waals surface area contributed by atoms with Crippen LogP contribution in [0.2, 0.25) is 0 Å². The second kappa shape index (κ2) is 13.5. The molecule has 0 atom stereocenters. The van der Waals surface area contributed by atoms with Crippen LogP contribution < -0.4 is 0 Å². The van der Waals surface area contributed by atoms with Crippen molar-refractivity contribution in [2.24, 2.45) is 0 Å². The van der Waals surface area contributed by atoms with Gasteiger partial charge in [0.2, 0.25) is 0 Å². The number of aromatic nitrogens is 3. The normalized spacial score (nSPS) is 14.1. The lowest BCUT2D eigenvalue weighted by atomic mass is 9.68. The molecule has 0 aliphatic heterocycles. The van der Waals surface area contributed by atoms with E-state index in [2.05, 4.69) is 115 Å². The Labute approximate surface area is 317 Å². The fourth-order valence-corrected chi connectivity index (χ4v) is 8.85. The molecule has 2 aliphatic carbocycles. The van der Waals surface area contributed by atoms with Crippen molar-refractivity contribution in [2.45, 2.75) is 37.5 Å². The molecule has 0 amide bonds. The minimum Gasteiger partial charge on any atom is -0.208 e. The Kier molecular flexibility index (Phi) is 8.06. The van der Waals surface area contributed by atoms with Gasteiger partial charge in [-0.3, -0.25) is 0 Å². The molecule has 258 valence electrons. The van der Waals surface area contributed by atoms with E-state index in [9.17, 15) is 0 Å². The average molecular weight is 694 g/mol. The molecule has 10 rings (SSSR count). The number of hydrogen-bond acceptors (Lipinski definition) is 3. The zero-order chi connectivity index (χ0) is 35.9. The third-order valence-electron chi connectivity index (χ3n) is 11.5. The summed E-state index contributed by atoms with van der Waals surface area (Å²) in [7, 11) is 0. The lowest BCUT2D eigenvalue weighted by Crippen LogP contribution is -2.27. The highest BCUT2D eigenvalue weighted by Crippen LogP contribution is 2.56. The van der Waals surface area contributed by atoms with Crippen LogP contribution in [0, 0.1) is 0 Å². The second-order valence-corrected chi connectivity index (χ2v) is 14.7. The van der Waals surface area contributed by atoms with Gasteiger partial charge in [-0.25, -0.2) is 15.0 Å². The summed E-state index contributed by atoms with van der Waals surface area (Å²) in [5, 5.41) is 0. The molecule has 8 aromatic rings.